The molecule has 0 aliphatic carbocycles. The van der Waals surface area contributed by atoms with Crippen LogP contribution < -0.4 is 10.9 Å². The van der Waals surface area contributed by atoms with Crippen LogP contribution in [0.5, 0.6) is 0 Å². The van der Waals surface area contributed by atoms with E-state index in [9.17, 15) is 14.0 Å². The van der Waals surface area contributed by atoms with Crippen LogP contribution in [-0.4, -0.2) is 22.6 Å². The smallest absolute Gasteiger partial charge is 0.269 e. The third-order valence-corrected chi connectivity index (χ3v) is 3.60. The molecule has 22 heavy (non-hydrogen) atoms. The molecular weight excluding hydrogens is 305 g/mol. The molecule has 1 heterocycles. The second kappa shape index (κ2) is 8.14. The Morgan fingerprint density at radius 3 is 2.55 bits per heavy atom. The van der Waals surface area contributed by atoms with Gasteiger partial charge < -0.3 is 0 Å². The number of carbonyl (C=O) groups excluding carboxylic acids is 2. The van der Waals surface area contributed by atoms with Crippen LogP contribution in [0.2, 0.25) is 0 Å². The summed E-state index contributed by atoms with van der Waals surface area (Å²) in [5, 5.41) is 0. The van der Waals surface area contributed by atoms with Gasteiger partial charge in [0.1, 0.15) is 5.82 Å². The Morgan fingerprint density at radius 2 is 1.86 bits per heavy atom. The maximum absolute atomic E-state index is 12.7. The van der Waals surface area contributed by atoms with Crippen LogP contribution in [0.25, 0.3) is 0 Å². The lowest BCUT2D eigenvalue weighted by Crippen LogP contribution is -2.42. The molecule has 0 unspecified atom stereocenters. The molecule has 0 saturated heterocycles. The van der Waals surface area contributed by atoms with E-state index in [0.29, 0.717) is 5.75 Å². The van der Waals surface area contributed by atoms with Crippen molar-refractivity contribution in [2.75, 3.05) is 5.75 Å². The molecule has 0 saturated carbocycles. The van der Waals surface area contributed by atoms with Gasteiger partial charge in [0.2, 0.25) is 5.91 Å². The largest absolute Gasteiger partial charge is 0.272 e. The Labute approximate surface area is 131 Å². The third-order valence-electron chi connectivity index (χ3n) is 2.63. The summed E-state index contributed by atoms with van der Waals surface area (Å²) < 4.78 is 12.7. The summed E-state index contributed by atoms with van der Waals surface area (Å²) in [6, 6.07) is 10.6. The summed E-state index contributed by atoms with van der Waals surface area (Å²) in [7, 11) is 0. The van der Waals surface area contributed by atoms with Crippen molar-refractivity contribution in [2.24, 2.45) is 0 Å². The fourth-order valence-electron chi connectivity index (χ4n) is 1.57. The van der Waals surface area contributed by atoms with Crippen molar-refractivity contribution in [3.05, 3.63) is 65.7 Å². The van der Waals surface area contributed by atoms with E-state index in [1.807, 2.05) is 18.2 Å². The number of halogens is 1. The van der Waals surface area contributed by atoms with Crippen LogP contribution >= 0.6 is 11.8 Å². The molecule has 0 atom stereocenters. The van der Waals surface area contributed by atoms with Gasteiger partial charge in [-0.1, -0.05) is 6.07 Å². The van der Waals surface area contributed by atoms with Gasteiger partial charge in [-0.2, -0.15) is 0 Å². The van der Waals surface area contributed by atoms with E-state index in [4.69, 9.17) is 0 Å². The Kier molecular flexibility index (Phi) is 5.91. The Hall–Kier alpha value is -2.41. The maximum atomic E-state index is 12.7. The summed E-state index contributed by atoms with van der Waals surface area (Å²) in [4.78, 5) is 27.4. The Balaban J connectivity index is 1.69. The first kappa shape index (κ1) is 16.0. The third kappa shape index (κ3) is 5.17. The quantitative estimate of drug-likeness (QED) is 0.826. The SMILES string of the molecule is O=C(CSCc1ccccn1)NNC(=O)c1ccc(F)cc1. The normalized spacial score (nSPS) is 10.0. The number of rotatable bonds is 5. The van der Waals surface area contributed by atoms with E-state index >= 15 is 0 Å². The zero-order valence-corrected chi connectivity index (χ0v) is 12.4. The number of aromatic nitrogens is 1. The number of nitrogens with one attached hydrogen (secondary N) is 2. The van der Waals surface area contributed by atoms with Gasteiger partial charge in [0.05, 0.1) is 11.4 Å². The predicted octanol–water partition coefficient (Wildman–Crippen LogP) is 1.92. The number of carbonyl (C=O) groups is 2. The van der Waals surface area contributed by atoms with Gasteiger partial charge in [-0.25, -0.2) is 4.39 Å². The number of pyridine rings is 1. The second-order valence-electron chi connectivity index (χ2n) is 4.32. The topological polar surface area (TPSA) is 71.1 Å². The highest BCUT2D eigenvalue weighted by Gasteiger charge is 2.07. The van der Waals surface area contributed by atoms with E-state index in [1.165, 1.54) is 36.0 Å². The lowest BCUT2D eigenvalue weighted by atomic mass is 10.2. The Bertz CT molecular complexity index is 635. The number of hydrazine groups is 1. The lowest BCUT2D eigenvalue weighted by Gasteiger charge is -2.07. The molecule has 0 spiro atoms. The van der Waals surface area contributed by atoms with Crippen LogP contribution in [0.1, 0.15) is 16.1 Å². The summed E-state index contributed by atoms with van der Waals surface area (Å²) in [6.07, 6.45) is 1.69. The van der Waals surface area contributed by atoms with Crippen LogP contribution in [0.15, 0.2) is 48.7 Å². The fourth-order valence-corrected chi connectivity index (χ4v) is 2.31. The number of nitrogens with zero attached hydrogens (tertiary/aromatic N) is 1. The second-order valence-corrected chi connectivity index (χ2v) is 5.31. The number of hydrogen-bond donors (Lipinski definition) is 2. The van der Waals surface area contributed by atoms with Crippen molar-refractivity contribution in [3.63, 3.8) is 0 Å². The number of hydrogen-bond acceptors (Lipinski definition) is 4. The molecule has 2 N–H and O–H groups in total. The first-order valence-corrected chi connectivity index (χ1v) is 7.63. The highest BCUT2D eigenvalue weighted by atomic mass is 32.2. The zero-order valence-electron chi connectivity index (χ0n) is 11.6. The summed E-state index contributed by atoms with van der Waals surface area (Å²) in [6.45, 7) is 0. The fraction of sp³-hybridized carbons (Fsp3) is 0.133. The molecule has 0 bridgehead atoms. The van der Waals surface area contributed by atoms with Crippen molar-refractivity contribution < 1.29 is 14.0 Å². The van der Waals surface area contributed by atoms with E-state index in [2.05, 4.69) is 15.8 Å². The number of amides is 2. The lowest BCUT2D eigenvalue weighted by molar-refractivity contribution is -0.119. The van der Waals surface area contributed by atoms with Crippen LogP contribution in [0.4, 0.5) is 4.39 Å². The maximum Gasteiger partial charge on any atom is 0.269 e. The van der Waals surface area contributed by atoms with Crippen LogP contribution in [-0.2, 0) is 10.5 Å². The van der Waals surface area contributed by atoms with E-state index in [1.54, 1.807) is 6.20 Å². The van der Waals surface area contributed by atoms with Crippen LogP contribution in [0, 0.1) is 5.82 Å². The minimum Gasteiger partial charge on any atom is -0.272 e. The number of thioether (sulfide) groups is 1. The molecular formula is C15H14FN3O2S. The molecule has 114 valence electrons. The molecule has 2 rings (SSSR count). The summed E-state index contributed by atoms with van der Waals surface area (Å²) in [5.74, 6) is -0.438. The highest BCUT2D eigenvalue weighted by Crippen LogP contribution is 2.08. The van der Waals surface area contributed by atoms with Crippen molar-refractivity contribution in [2.45, 2.75) is 5.75 Å². The van der Waals surface area contributed by atoms with Crippen LogP contribution in [0.3, 0.4) is 0 Å². The standard InChI is InChI=1S/C15H14FN3O2S/c16-12-6-4-11(5-7-12)15(21)19-18-14(20)10-22-9-13-3-1-2-8-17-13/h1-8H,9-10H2,(H,18,20)(H,19,21). The first-order valence-electron chi connectivity index (χ1n) is 6.47. The van der Waals surface area contributed by atoms with Gasteiger partial charge in [-0.05, 0) is 36.4 Å². The summed E-state index contributed by atoms with van der Waals surface area (Å²) in [5.41, 5.74) is 5.74. The van der Waals surface area contributed by atoms with E-state index in [0.717, 1.165) is 5.69 Å². The number of benzene rings is 1. The molecule has 2 amide bonds. The molecule has 7 heteroatoms. The van der Waals surface area contributed by atoms with Gasteiger partial charge in [0.15, 0.2) is 0 Å². The summed E-state index contributed by atoms with van der Waals surface area (Å²) >= 11 is 1.39. The predicted molar refractivity (Wildman–Crippen MR) is 82.4 cm³/mol. The highest BCUT2D eigenvalue weighted by molar-refractivity contribution is 7.99. The van der Waals surface area contributed by atoms with Gasteiger partial charge in [-0.3, -0.25) is 25.4 Å². The Morgan fingerprint density at radius 1 is 1.09 bits per heavy atom. The van der Waals surface area contributed by atoms with Crippen molar-refractivity contribution >= 4 is 23.6 Å². The average molecular weight is 319 g/mol. The van der Waals surface area contributed by atoms with E-state index in [-0.39, 0.29) is 17.2 Å². The minimum absolute atomic E-state index is 0.195. The molecule has 0 aliphatic rings. The van der Waals surface area contributed by atoms with Gasteiger partial charge >= 0.3 is 0 Å². The molecule has 0 fully saturated rings. The average Bonchev–Trinajstić information content (AvgIpc) is 2.54. The molecule has 0 aliphatic heterocycles. The molecule has 2 aromatic rings. The molecule has 5 nitrogen and oxygen atoms in total. The van der Waals surface area contributed by atoms with Crippen molar-refractivity contribution in [3.8, 4) is 0 Å². The molecule has 1 aromatic heterocycles. The van der Waals surface area contributed by atoms with Crippen molar-refractivity contribution in [1.29, 1.82) is 0 Å². The van der Waals surface area contributed by atoms with E-state index < -0.39 is 11.7 Å². The van der Waals surface area contributed by atoms with Gasteiger partial charge in [-0.15, -0.1) is 11.8 Å². The first-order chi connectivity index (χ1) is 10.6. The van der Waals surface area contributed by atoms with Gasteiger partial charge in [0.25, 0.3) is 5.91 Å². The monoisotopic (exact) mass is 319 g/mol. The molecule has 1 aromatic carbocycles. The van der Waals surface area contributed by atoms with Crippen molar-refractivity contribution in [1.82, 2.24) is 15.8 Å². The van der Waals surface area contributed by atoms with Gasteiger partial charge in [0, 0.05) is 17.5 Å². The zero-order chi connectivity index (χ0) is 15.8. The minimum atomic E-state index is -0.497. The molecule has 0 radical (unpaired) electrons.